The maximum atomic E-state index is 12.8. The minimum atomic E-state index is -0.201. The van der Waals surface area contributed by atoms with Gasteiger partial charge in [-0.05, 0) is 73.7 Å². The first-order valence-corrected chi connectivity index (χ1v) is 13.7. The van der Waals surface area contributed by atoms with Gasteiger partial charge in [0.25, 0.3) is 5.56 Å². The predicted octanol–water partition coefficient (Wildman–Crippen LogP) is 3.86. The highest BCUT2D eigenvalue weighted by atomic mass is 32.1. The number of amides is 1. The lowest BCUT2D eigenvalue weighted by atomic mass is 9.96. The second kappa shape index (κ2) is 12.0. The highest BCUT2D eigenvalue weighted by Crippen LogP contribution is 2.25. The molecule has 1 aliphatic rings. The van der Waals surface area contributed by atoms with Crippen molar-refractivity contribution >= 4 is 23.1 Å². The second-order valence-corrected chi connectivity index (χ2v) is 9.99. The number of thiophene rings is 1. The fourth-order valence-electron chi connectivity index (χ4n) is 4.50. The van der Waals surface area contributed by atoms with E-state index in [1.807, 2.05) is 60.8 Å². The van der Waals surface area contributed by atoms with Gasteiger partial charge in [0.15, 0.2) is 5.82 Å². The third-order valence-corrected chi connectivity index (χ3v) is 7.46. The Balaban J connectivity index is 1.11. The Morgan fingerprint density at radius 3 is 2.50 bits per heavy atom. The van der Waals surface area contributed by atoms with Crippen molar-refractivity contribution in [2.75, 3.05) is 31.1 Å². The molecule has 0 atom stereocenters. The van der Waals surface area contributed by atoms with E-state index < -0.39 is 0 Å². The second-order valence-electron chi connectivity index (χ2n) is 9.04. The fourth-order valence-corrected chi connectivity index (χ4v) is 5.19. The SMILES string of the molecule is CCOc1ccc(-c2ccc(=O)n(CCNC(=O)C3CCN(c4ccc(-c5cccs5)nn4)CC3)n2)cc1. The number of rotatable bonds is 9. The zero-order chi connectivity index (χ0) is 26.3. The predicted molar refractivity (Wildman–Crippen MR) is 148 cm³/mol. The maximum Gasteiger partial charge on any atom is 0.266 e. The number of piperidine rings is 1. The van der Waals surface area contributed by atoms with Crippen LogP contribution in [0.25, 0.3) is 21.8 Å². The Bertz CT molecular complexity index is 1400. The summed E-state index contributed by atoms with van der Waals surface area (Å²) in [5.41, 5.74) is 2.26. The molecule has 0 saturated carbocycles. The largest absolute Gasteiger partial charge is 0.494 e. The molecular weight excluding hydrogens is 500 g/mol. The van der Waals surface area contributed by atoms with Crippen LogP contribution in [-0.2, 0) is 11.3 Å². The summed E-state index contributed by atoms with van der Waals surface area (Å²) < 4.78 is 6.88. The van der Waals surface area contributed by atoms with Crippen LogP contribution in [-0.4, -0.2) is 52.1 Å². The van der Waals surface area contributed by atoms with Gasteiger partial charge in [-0.1, -0.05) is 6.07 Å². The zero-order valence-electron chi connectivity index (χ0n) is 21.2. The molecule has 1 N–H and O–H groups in total. The van der Waals surface area contributed by atoms with E-state index in [1.54, 1.807) is 17.4 Å². The Kier molecular flexibility index (Phi) is 8.08. The maximum absolute atomic E-state index is 12.8. The number of nitrogens with one attached hydrogen (secondary N) is 1. The van der Waals surface area contributed by atoms with E-state index in [2.05, 4.69) is 25.5 Å². The van der Waals surface area contributed by atoms with Crippen molar-refractivity contribution in [2.45, 2.75) is 26.3 Å². The highest BCUT2D eigenvalue weighted by molar-refractivity contribution is 7.13. The molecule has 3 aromatic heterocycles. The molecule has 1 amide bonds. The topological polar surface area (TPSA) is 102 Å². The van der Waals surface area contributed by atoms with Gasteiger partial charge in [-0.25, -0.2) is 4.68 Å². The summed E-state index contributed by atoms with van der Waals surface area (Å²) in [6.07, 6.45) is 1.48. The number of carbonyl (C=O) groups excluding carboxylic acids is 1. The normalized spacial score (nSPS) is 13.9. The summed E-state index contributed by atoms with van der Waals surface area (Å²) in [7, 11) is 0. The van der Waals surface area contributed by atoms with Crippen molar-refractivity contribution in [1.29, 1.82) is 0 Å². The summed E-state index contributed by atoms with van der Waals surface area (Å²) in [5, 5.41) is 18.3. The molecule has 0 unspecified atom stereocenters. The average molecular weight is 531 g/mol. The molecule has 9 nitrogen and oxygen atoms in total. The molecule has 5 rings (SSSR count). The monoisotopic (exact) mass is 530 g/mol. The molecule has 0 bridgehead atoms. The molecule has 4 aromatic rings. The number of nitrogens with zero attached hydrogens (tertiary/aromatic N) is 5. The van der Waals surface area contributed by atoms with E-state index in [1.165, 1.54) is 10.7 Å². The Labute approximate surface area is 225 Å². The lowest BCUT2D eigenvalue weighted by Gasteiger charge is -2.31. The molecule has 1 saturated heterocycles. The molecule has 0 radical (unpaired) electrons. The number of ether oxygens (including phenoxy) is 1. The van der Waals surface area contributed by atoms with Crippen LogP contribution < -0.4 is 20.5 Å². The average Bonchev–Trinajstić information content (AvgIpc) is 3.50. The molecule has 10 heteroatoms. The molecule has 1 fully saturated rings. The summed E-state index contributed by atoms with van der Waals surface area (Å²) in [6.45, 7) is 4.68. The first-order chi connectivity index (χ1) is 18.6. The molecule has 1 aromatic carbocycles. The van der Waals surface area contributed by atoms with Crippen LogP contribution in [0.5, 0.6) is 5.75 Å². The van der Waals surface area contributed by atoms with E-state index in [4.69, 9.17) is 4.74 Å². The molecule has 0 spiro atoms. The Morgan fingerprint density at radius 2 is 1.82 bits per heavy atom. The van der Waals surface area contributed by atoms with Crippen molar-refractivity contribution in [3.05, 3.63) is 76.4 Å². The summed E-state index contributed by atoms with van der Waals surface area (Å²) in [6, 6.07) is 18.8. The minimum absolute atomic E-state index is 0.0134. The zero-order valence-corrected chi connectivity index (χ0v) is 22.1. The number of aromatic nitrogens is 4. The Hall–Kier alpha value is -4.05. The van der Waals surface area contributed by atoms with Crippen molar-refractivity contribution in [3.8, 4) is 27.6 Å². The smallest absolute Gasteiger partial charge is 0.266 e. The van der Waals surface area contributed by atoms with E-state index >= 15 is 0 Å². The minimum Gasteiger partial charge on any atom is -0.494 e. The lowest BCUT2D eigenvalue weighted by Crippen LogP contribution is -2.42. The molecule has 196 valence electrons. The van der Waals surface area contributed by atoms with E-state index in [-0.39, 0.29) is 17.4 Å². The van der Waals surface area contributed by atoms with Crippen LogP contribution >= 0.6 is 11.3 Å². The van der Waals surface area contributed by atoms with Crippen LogP contribution in [0.4, 0.5) is 5.82 Å². The quantitative estimate of drug-likeness (QED) is 0.351. The first kappa shape index (κ1) is 25.6. The van der Waals surface area contributed by atoms with Gasteiger partial charge in [-0.3, -0.25) is 9.59 Å². The number of hydrogen-bond acceptors (Lipinski definition) is 8. The fraction of sp³-hybridized carbons (Fsp3) is 0.321. The number of hydrogen-bond donors (Lipinski definition) is 1. The van der Waals surface area contributed by atoms with Gasteiger partial charge in [0, 0.05) is 37.2 Å². The van der Waals surface area contributed by atoms with Crippen molar-refractivity contribution in [2.24, 2.45) is 5.92 Å². The standard InChI is InChI=1S/C28H30N6O3S/c1-2-37-22-7-5-20(6-8-22)23-10-12-27(35)34(32-23)18-15-29-28(36)21-13-16-33(17-14-21)26-11-9-24(30-31-26)25-4-3-19-38-25/h3-12,19,21H,2,13-18H2,1H3,(H,29,36). The van der Waals surface area contributed by atoms with Crippen LogP contribution in [0.3, 0.4) is 0 Å². The van der Waals surface area contributed by atoms with Gasteiger partial charge in [0.1, 0.15) is 11.4 Å². The van der Waals surface area contributed by atoms with Gasteiger partial charge in [0.2, 0.25) is 5.91 Å². The molecular formula is C28H30N6O3S. The van der Waals surface area contributed by atoms with Gasteiger partial charge in [0.05, 0.1) is 23.7 Å². The van der Waals surface area contributed by atoms with Gasteiger partial charge >= 0.3 is 0 Å². The summed E-state index contributed by atoms with van der Waals surface area (Å²) in [4.78, 5) is 28.4. The van der Waals surface area contributed by atoms with Crippen molar-refractivity contribution in [1.82, 2.24) is 25.3 Å². The molecule has 0 aliphatic carbocycles. The third-order valence-electron chi connectivity index (χ3n) is 6.56. The molecule has 4 heterocycles. The van der Waals surface area contributed by atoms with Crippen molar-refractivity contribution < 1.29 is 9.53 Å². The molecule has 1 aliphatic heterocycles. The first-order valence-electron chi connectivity index (χ1n) is 12.8. The van der Waals surface area contributed by atoms with E-state index in [9.17, 15) is 9.59 Å². The molecule has 38 heavy (non-hydrogen) atoms. The van der Waals surface area contributed by atoms with Crippen LogP contribution in [0.1, 0.15) is 19.8 Å². The summed E-state index contributed by atoms with van der Waals surface area (Å²) in [5.74, 6) is 1.57. The summed E-state index contributed by atoms with van der Waals surface area (Å²) >= 11 is 1.64. The van der Waals surface area contributed by atoms with Crippen LogP contribution in [0.2, 0.25) is 0 Å². The number of carbonyl (C=O) groups is 1. The van der Waals surface area contributed by atoms with Gasteiger partial charge < -0.3 is 15.0 Å². The number of benzene rings is 1. The Morgan fingerprint density at radius 1 is 1.03 bits per heavy atom. The van der Waals surface area contributed by atoms with Gasteiger partial charge in [-0.15, -0.1) is 21.5 Å². The number of anilines is 1. The lowest BCUT2D eigenvalue weighted by molar-refractivity contribution is -0.125. The van der Waals surface area contributed by atoms with Crippen molar-refractivity contribution in [3.63, 3.8) is 0 Å². The van der Waals surface area contributed by atoms with Crippen LogP contribution in [0, 0.1) is 5.92 Å². The van der Waals surface area contributed by atoms with Crippen LogP contribution in [0.15, 0.2) is 70.8 Å². The van der Waals surface area contributed by atoms with Gasteiger partial charge in [-0.2, -0.15) is 5.10 Å². The van der Waals surface area contributed by atoms with E-state index in [0.29, 0.717) is 25.4 Å². The highest BCUT2D eigenvalue weighted by Gasteiger charge is 2.25. The third kappa shape index (κ3) is 6.08. The van der Waals surface area contributed by atoms with E-state index in [0.717, 1.165) is 53.6 Å².